The highest BCUT2D eigenvalue weighted by molar-refractivity contribution is 5.71. The number of ether oxygens (including phenoxy) is 4. The lowest BCUT2D eigenvalue weighted by molar-refractivity contribution is -0.147. The third kappa shape index (κ3) is 7.34. The van der Waals surface area contributed by atoms with E-state index >= 15 is 0 Å². The molecule has 1 N–H and O–H groups in total. The molecule has 0 spiro atoms. The van der Waals surface area contributed by atoms with E-state index in [1.54, 1.807) is 24.3 Å². The van der Waals surface area contributed by atoms with Gasteiger partial charge in [-0.2, -0.15) is 0 Å². The summed E-state index contributed by atoms with van der Waals surface area (Å²) in [5, 5.41) is 0. The summed E-state index contributed by atoms with van der Waals surface area (Å²) in [4.78, 5) is 26.8. The molecule has 0 unspecified atom stereocenters. The lowest BCUT2D eigenvalue weighted by Crippen LogP contribution is -2.16. The molecule has 1 heterocycles. The fourth-order valence-electron chi connectivity index (χ4n) is 2.24. The summed E-state index contributed by atoms with van der Waals surface area (Å²) < 4.78 is 21.3. The van der Waals surface area contributed by atoms with Gasteiger partial charge in [-0.25, -0.2) is 4.79 Å². The number of H-pyrrole nitrogens is 1. The van der Waals surface area contributed by atoms with Gasteiger partial charge in [0.2, 0.25) is 5.43 Å². The molecule has 0 aliphatic rings. The molecule has 0 amide bonds. The molecule has 28 heavy (non-hydrogen) atoms. The van der Waals surface area contributed by atoms with Gasteiger partial charge in [0, 0.05) is 12.3 Å². The first-order valence-corrected chi connectivity index (χ1v) is 9.33. The van der Waals surface area contributed by atoms with Gasteiger partial charge in [-0.15, -0.1) is 0 Å². The number of pyridine rings is 1. The Bertz CT molecular complexity index is 797. The average molecular weight is 389 g/mol. The van der Waals surface area contributed by atoms with Gasteiger partial charge in [-0.1, -0.05) is 13.8 Å². The first-order chi connectivity index (χ1) is 13.5. The number of aromatic amines is 1. The number of carbonyl (C=O) groups excluding carboxylic acids is 1. The summed E-state index contributed by atoms with van der Waals surface area (Å²) in [6.07, 6.45) is 2.36. The van der Waals surface area contributed by atoms with Crippen molar-refractivity contribution < 1.29 is 23.7 Å². The van der Waals surface area contributed by atoms with Crippen molar-refractivity contribution >= 4 is 5.97 Å². The SMILES string of the molecule is CCOc1ccc(OCC(=O)OCc2cc(=O)c(OCCC(C)C)c[nH]2)cc1. The predicted octanol–water partition coefficient (Wildman–Crippen LogP) is 3.32. The molecule has 0 radical (unpaired) electrons. The Morgan fingerprint density at radius 3 is 2.36 bits per heavy atom. The van der Waals surface area contributed by atoms with Gasteiger partial charge in [0.15, 0.2) is 12.4 Å². The molecule has 0 saturated carbocycles. The van der Waals surface area contributed by atoms with Crippen LogP contribution in [0.3, 0.4) is 0 Å². The normalized spacial score (nSPS) is 10.6. The maximum atomic E-state index is 12.0. The van der Waals surface area contributed by atoms with E-state index in [0.717, 1.165) is 12.2 Å². The molecule has 152 valence electrons. The zero-order valence-electron chi connectivity index (χ0n) is 16.5. The van der Waals surface area contributed by atoms with E-state index in [-0.39, 0.29) is 24.4 Å². The highest BCUT2D eigenvalue weighted by Crippen LogP contribution is 2.17. The molecule has 2 rings (SSSR count). The number of esters is 1. The van der Waals surface area contributed by atoms with Gasteiger partial charge >= 0.3 is 5.97 Å². The summed E-state index contributed by atoms with van der Waals surface area (Å²) in [5.74, 6) is 1.50. The van der Waals surface area contributed by atoms with Crippen molar-refractivity contribution in [3.63, 3.8) is 0 Å². The smallest absolute Gasteiger partial charge is 0.344 e. The molecule has 2 aromatic rings. The molecule has 0 bridgehead atoms. The molecule has 7 heteroatoms. The highest BCUT2D eigenvalue weighted by atomic mass is 16.6. The van der Waals surface area contributed by atoms with E-state index in [4.69, 9.17) is 18.9 Å². The summed E-state index contributed by atoms with van der Waals surface area (Å²) in [7, 11) is 0. The summed E-state index contributed by atoms with van der Waals surface area (Å²) in [6.45, 7) is 6.87. The maximum Gasteiger partial charge on any atom is 0.344 e. The first-order valence-electron chi connectivity index (χ1n) is 9.33. The molecule has 7 nitrogen and oxygen atoms in total. The van der Waals surface area contributed by atoms with Crippen LogP contribution in [0, 0.1) is 5.92 Å². The van der Waals surface area contributed by atoms with Crippen LogP contribution >= 0.6 is 0 Å². The zero-order chi connectivity index (χ0) is 20.4. The number of aromatic nitrogens is 1. The standard InChI is InChI=1S/C21H27NO6/c1-4-25-17-5-7-18(8-6-17)27-14-21(24)28-13-16-11-19(23)20(12-22-16)26-10-9-15(2)3/h5-8,11-12,15H,4,9-10,13-14H2,1-3H3,(H,22,23). The second-order valence-corrected chi connectivity index (χ2v) is 6.57. The van der Waals surface area contributed by atoms with Crippen molar-refractivity contribution in [3.05, 3.63) is 52.4 Å². The second kappa shape index (κ2) is 11.0. The number of hydrogen-bond donors (Lipinski definition) is 1. The van der Waals surface area contributed by atoms with Gasteiger partial charge in [-0.3, -0.25) is 4.79 Å². The average Bonchev–Trinajstić information content (AvgIpc) is 2.67. The Hall–Kier alpha value is -2.96. The topological polar surface area (TPSA) is 86.8 Å². The fourth-order valence-corrected chi connectivity index (χ4v) is 2.24. The van der Waals surface area contributed by atoms with Crippen LogP contribution in [-0.2, 0) is 16.1 Å². The van der Waals surface area contributed by atoms with E-state index < -0.39 is 5.97 Å². The van der Waals surface area contributed by atoms with E-state index in [2.05, 4.69) is 18.8 Å². The monoisotopic (exact) mass is 389 g/mol. The molecule has 0 atom stereocenters. The van der Waals surface area contributed by atoms with Gasteiger partial charge in [0.1, 0.15) is 18.1 Å². The molecule has 1 aromatic heterocycles. The van der Waals surface area contributed by atoms with Crippen LogP contribution < -0.4 is 19.6 Å². The van der Waals surface area contributed by atoms with E-state index in [1.165, 1.54) is 12.3 Å². The minimum Gasteiger partial charge on any atom is -0.494 e. The van der Waals surface area contributed by atoms with Crippen molar-refractivity contribution in [1.82, 2.24) is 4.98 Å². The Labute approximate surface area is 164 Å². The van der Waals surface area contributed by atoms with Crippen LogP contribution in [0.25, 0.3) is 0 Å². The Balaban J connectivity index is 1.76. The third-order valence-corrected chi connectivity index (χ3v) is 3.77. The van der Waals surface area contributed by atoms with Gasteiger partial charge in [0.05, 0.1) is 18.9 Å². The molecule has 1 aromatic carbocycles. The van der Waals surface area contributed by atoms with Crippen molar-refractivity contribution in [2.75, 3.05) is 19.8 Å². The molecule has 0 saturated heterocycles. The number of hydrogen-bond acceptors (Lipinski definition) is 6. The molecule has 0 aliphatic carbocycles. The largest absolute Gasteiger partial charge is 0.494 e. The minimum atomic E-state index is -0.535. The molecular weight excluding hydrogens is 362 g/mol. The van der Waals surface area contributed by atoms with E-state index in [9.17, 15) is 9.59 Å². The number of carbonyl (C=O) groups is 1. The zero-order valence-corrected chi connectivity index (χ0v) is 16.5. The predicted molar refractivity (Wildman–Crippen MR) is 105 cm³/mol. The highest BCUT2D eigenvalue weighted by Gasteiger charge is 2.08. The van der Waals surface area contributed by atoms with Crippen molar-refractivity contribution in [2.24, 2.45) is 5.92 Å². The number of rotatable bonds is 11. The van der Waals surface area contributed by atoms with Crippen LogP contribution in [-0.4, -0.2) is 30.8 Å². The van der Waals surface area contributed by atoms with Crippen LogP contribution in [0.1, 0.15) is 32.9 Å². The summed E-state index contributed by atoms with van der Waals surface area (Å²) >= 11 is 0. The van der Waals surface area contributed by atoms with Crippen LogP contribution in [0.4, 0.5) is 0 Å². The summed E-state index contributed by atoms with van der Waals surface area (Å²) in [5.41, 5.74) is 0.231. The second-order valence-electron chi connectivity index (χ2n) is 6.57. The van der Waals surface area contributed by atoms with Crippen LogP contribution in [0.5, 0.6) is 17.2 Å². The van der Waals surface area contributed by atoms with Crippen LogP contribution in [0.15, 0.2) is 41.3 Å². The quantitative estimate of drug-likeness (QED) is 0.593. The first kappa shape index (κ1) is 21.3. The molecular formula is C21H27NO6. The number of benzene rings is 1. The molecule has 0 fully saturated rings. The maximum absolute atomic E-state index is 12.0. The van der Waals surface area contributed by atoms with Crippen molar-refractivity contribution in [2.45, 2.75) is 33.8 Å². The van der Waals surface area contributed by atoms with E-state index in [1.807, 2.05) is 6.92 Å². The summed E-state index contributed by atoms with van der Waals surface area (Å²) in [6, 6.07) is 8.33. The lowest BCUT2D eigenvalue weighted by Gasteiger charge is -2.09. The number of nitrogens with one attached hydrogen (secondary N) is 1. The van der Waals surface area contributed by atoms with Crippen molar-refractivity contribution in [3.8, 4) is 17.2 Å². The Morgan fingerprint density at radius 1 is 1.07 bits per heavy atom. The van der Waals surface area contributed by atoms with Gasteiger partial charge < -0.3 is 23.9 Å². The Morgan fingerprint density at radius 2 is 1.75 bits per heavy atom. The Kier molecular flexibility index (Phi) is 8.39. The van der Waals surface area contributed by atoms with E-state index in [0.29, 0.717) is 30.6 Å². The van der Waals surface area contributed by atoms with Gasteiger partial charge in [-0.05, 0) is 43.5 Å². The van der Waals surface area contributed by atoms with Gasteiger partial charge in [0.25, 0.3) is 0 Å². The third-order valence-electron chi connectivity index (χ3n) is 3.77. The lowest BCUT2D eigenvalue weighted by atomic mass is 10.1. The fraction of sp³-hybridized carbons (Fsp3) is 0.429. The van der Waals surface area contributed by atoms with Crippen molar-refractivity contribution in [1.29, 1.82) is 0 Å². The molecule has 0 aliphatic heterocycles. The van der Waals surface area contributed by atoms with Crippen LogP contribution in [0.2, 0.25) is 0 Å². The minimum absolute atomic E-state index is 0.0486.